The minimum atomic E-state index is -0.313. The third kappa shape index (κ3) is 4.18. The molecular formula is C17H20N4O2. The molecule has 1 aromatic heterocycles. The average Bonchev–Trinajstić information content (AvgIpc) is 3.31. The van der Waals surface area contributed by atoms with E-state index in [0.29, 0.717) is 18.2 Å². The van der Waals surface area contributed by atoms with Gasteiger partial charge in [-0.3, -0.25) is 9.89 Å². The molecule has 1 heterocycles. The van der Waals surface area contributed by atoms with Gasteiger partial charge in [-0.2, -0.15) is 10.2 Å². The van der Waals surface area contributed by atoms with Crippen LogP contribution in [-0.2, 0) is 0 Å². The first-order valence-electron chi connectivity index (χ1n) is 7.88. The standard InChI is InChI=1S/C17H20N4O2/c1-2-9-23-14-7-3-12(4-8-14)11-18-21-17(22)16-10-15(19-20-16)13-5-6-13/h3-4,7-8,10-11,13H,2,5-6,9H2,1H3,(H,19,20)(H,21,22)/b18-11-. The quantitative estimate of drug-likeness (QED) is 0.609. The number of nitrogens with one attached hydrogen (secondary N) is 2. The molecule has 1 aliphatic carbocycles. The number of carbonyl (C=O) groups is 1. The predicted molar refractivity (Wildman–Crippen MR) is 87.9 cm³/mol. The zero-order valence-electron chi connectivity index (χ0n) is 13.1. The molecule has 1 aromatic carbocycles. The lowest BCUT2D eigenvalue weighted by Crippen LogP contribution is -2.18. The molecule has 0 aliphatic heterocycles. The summed E-state index contributed by atoms with van der Waals surface area (Å²) in [4.78, 5) is 11.9. The van der Waals surface area contributed by atoms with Gasteiger partial charge in [0.05, 0.1) is 12.8 Å². The highest BCUT2D eigenvalue weighted by molar-refractivity contribution is 5.93. The normalized spacial score (nSPS) is 14.1. The fourth-order valence-corrected chi connectivity index (χ4v) is 2.15. The summed E-state index contributed by atoms with van der Waals surface area (Å²) in [5.41, 5.74) is 4.77. The topological polar surface area (TPSA) is 79.4 Å². The van der Waals surface area contributed by atoms with Crippen LogP contribution in [0.3, 0.4) is 0 Å². The largest absolute Gasteiger partial charge is 0.494 e. The van der Waals surface area contributed by atoms with Gasteiger partial charge in [-0.05, 0) is 55.2 Å². The fraction of sp³-hybridized carbons (Fsp3) is 0.353. The molecule has 1 fully saturated rings. The molecule has 2 N–H and O–H groups in total. The zero-order chi connectivity index (χ0) is 16.1. The minimum Gasteiger partial charge on any atom is -0.494 e. The van der Waals surface area contributed by atoms with Gasteiger partial charge in [-0.25, -0.2) is 5.43 Å². The van der Waals surface area contributed by atoms with E-state index in [1.807, 2.05) is 24.3 Å². The van der Waals surface area contributed by atoms with Crippen molar-refractivity contribution in [1.82, 2.24) is 15.6 Å². The SMILES string of the molecule is CCCOc1ccc(/C=N\NC(=O)c2cc(C3CC3)[nH]n2)cc1. The summed E-state index contributed by atoms with van der Waals surface area (Å²) in [7, 11) is 0. The minimum absolute atomic E-state index is 0.313. The molecule has 0 atom stereocenters. The first-order chi connectivity index (χ1) is 11.3. The van der Waals surface area contributed by atoms with Crippen molar-refractivity contribution in [3.63, 3.8) is 0 Å². The van der Waals surface area contributed by atoms with Crippen LogP contribution >= 0.6 is 0 Å². The number of H-pyrrole nitrogens is 1. The Balaban J connectivity index is 1.52. The number of amides is 1. The second-order valence-electron chi connectivity index (χ2n) is 5.60. The van der Waals surface area contributed by atoms with Gasteiger partial charge in [-0.1, -0.05) is 6.92 Å². The summed E-state index contributed by atoms with van der Waals surface area (Å²) in [6, 6.07) is 9.34. The first-order valence-corrected chi connectivity index (χ1v) is 7.88. The molecule has 0 radical (unpaired) electrons. The van der Waals surface area contributed by atoms with Crippen LogP contribution in [0.1, 0.15) is 53.8 Å². The maximum atomic E-state index is 11.9. The molecule has 0 spiro atoms. The van der Waals surface area contributed by atoms with Gasteiger partial charge >= 0.3 is 0 Å². The fourth-order valence-electron chi connectivity index (χ4n) is 2.15. The summed E-state index contributed by atoms with van der Waals surface area (Å²) < 4.78 is 5.51. The van der Waals surface area contributed by atoms with E-state index in [0.717, 1.165) is 23.4 Å². The monoisotopic (exact) mass is 312 g/mol. The van der Waals surface area contributed by atoms with Crippen molar-refractivity contribution in [3.05, 3.63) is 47.3 Å². The number of hydrazone groups is 1. The van der Waals surface area contributed by atoms with Crippen molar-refractivity contribution in [3.8, 4) is 5.75 Å². The van der Waals surface area contributed by atoms with Crippen LogP contribution in [0, 0.1) is 0 Å². The van der Waals surface area contributed by atoms with Crippen LogP contribution in [0.4, 0.5) is 0 Å². The van der Waals surface area contributed by atoms with E-state index in [2.05, 4.69) is 27.6 Å². The number of aromatic nitrogens is 2. The number of carbonyl (C=O) groups excluding carboxylic acids is 1. The lowest BCUT2D eigenvalue weighted by Gasteiger charge is -2.03. The Morgan fingerprint density at radius 3 is 2.91 bits per heavy atom. The Morgan fingerprint density at radius 1 is 1.43 bits per heavy atom. The number of nitrogens with zero attached hydrogens (tertiary/aromatic N) is 2. The van der Waals surface area contributed by atoms with E-state index in [9.17, 15) is 4.79 Å². The van der Waals surface area contributed by atoms with Gasteiger partial charge in [0.1, 0.15) is 5.75 Å². The maximum absolute atomic E-state index is 11.9. The molecular weight excluding hydrogens is 292 g/mol. The first kappa shape index (κ1) is 15.3. The van der Waals surface area contributed by atoms with E-state index in [4.69, 9.17) is 4.74 Å². The van der Waals surface area contributed by atoms with Gasteiger partial charge in [0.25, 0.3) is 5.91 Å². The zero-order valence-corrected chi connectivity index (χ0v) is 13.1. The van der Waals surface area contributed by atoms with Crippen molar-refractivity contribution in [2.24, 2.45) is 5.10 Å². The van der Waals surface area contributed by atoms with Gasteiger partial charge < -0.3 is 4.74 Å². The Labute approximate surface area is 134 Å². The summed E-state index contributed by atoms with van der Waals surface area (Å²) in [6.07, 6.45) is 4.90. The number of ether oxygens (including phenoxy) is 1. The van der Waals surface area contributed by atoms with Crippen LogP contribution in [-0.4, -0.2) is 28.9 Å². The van der Waals surface area contributed by atoms with Crippen molar-refractivity contribution in [2.75, 3.05) is 6.61 Å². The lowest BCUT2D eigenvalue weighted by molar-refractivity contribution is 0.0950. The number of aromatic amines is 1. The second-order valence-corrected chi connectivity index (χ2v) is 5.60. The molecule has 120 valence electrons. The third-order valence-corrected chi connectivity index (χ3v) is 3.58. The van der Waals surface area contributed by atoms with Crippen molar-refractivity contribution in [1.29, 1.82) is 0 Å². The summed E-state index contributed by atoms with van der Waals surface area (Å²) in [6.45, 7) is 2.77. The van der Waals surface area contributed by atoms with Crippen molar-refractivity contribution >= 4 is 12.1 Å². The average molecular weight is 312 g/mol. The van der Waals surface area contributed by atoms with E-state index >= 15 is 0 Å². The van der Waals surface area contributed by atoms with Crippen molar-refractivity contribution < 1.29 is 9.53 Å². The van der Waals surface area contributed by atoms with E-state index < -0.39 is 0 Å². The number of hydrogen-bond donors (Lipinski definition) is 2. The Morgan fingerprint density at radius 2 is 2.22 bits per heavy atom. The van der Waals surface area contributed by atoms with E-state index in [1.54, 1.807) is 12.3 Å². The third-order valence-electron chi connectivity index (χ3n) is 3.58. The second kappa shape index (κ2) is 7.09. The Kier molecular flexibility index (Phi) is 4.71. The van der Waals surface area contributed by atoms with E-state index in [1.165, 1.54) is 12.8 Å². The molecule has 0 bridgehead atoms. The molecule has 0 saturated heterocycles. The molecule has 1 amide bonds. The van der Waals surface area contributed by atoms with Crippen LogP contribution in [0.15, 0.2) is 35.4 Å². The summed E-state index contributed by atoms with van der Waals surface area (Å²) in [5, 5.41) is 10.9. The van der Waals surface area contributed by atoms with Crippen molar-refractivity contribution in [2.45, 2.75) is 32.1 Å². The Bertz CT molecular complexity index is 687. The molecule has 0 unspecified atom stereocenters. The summed E-state index contributed by atoms with van der Waals surface area (Å²) >= 11 is 0. The smallest absolute Gasteiger partial charge is 0.291 e. The summed E-state index contributed by atoms with van der Waals surface area (Å²) in [5.74, 6) is 1.06. The van der Waals surface area contributed by atoms with Crippen LogP contribution < -0.4 is 10.2 Å². The molecule has 3 rings (SSSR count). The molecule has 1 aliphatic rings. The van der Waals surface area contributed by atoms with Crippen LogP contribution in [0.25, 0.3) is 0 Å². The molecule has 2 aromatic rings. The number of hydrogen-bond acceptors (Lipinski definition) is 4. The van der Waals surface area contributed by atoms with Gasteiger partial charge in [0.15, 0.2) is 5.69 Å². The number of rotatable bonds is 7. The van der Waals surface area contributed by atoms with Gasteiger partial charge in [-0.15, -0.1) is 0 Å². The Hall–Kier alpha value is -2.63. The van der Waals surface area contributed by atoms with Crippen LogP contribution in [0.2, 0.25) is 0 Å². The molecule has 6 heteroatoms. The highest BCUT2D eigenvalue weighted by atomic mass is 16.5. The number of benzene rings is 1. The lowest BCUT2D eigenvalue weighted by atomic mass is 10.2. The molecule has 23 heavy (non-hydrogen) atoms. The highest BCUT2D eigenvalue weighted by Crippen LogP contribution is 2.38. The molecule has 1 saturated carbocycles. The van der Waals surface area contributed by atoms with E-state index in [-0.39, 0.29) is 5.91 Å². The predicted octanol–water partition coefficient (Wildman–Crippen LogP) is 2.84. The maximum Gasteiger partial charge on any atom is 0.291 e. The van der Waals surface area contributed by atoms with Gasteiger partial charge in [0, 0.05) is 11.6 Å². The van der Waals surface area contributed by atoms with Gasteiger partial charge in [0.2, 0.25) is 0 Å². The highest BCUT2D eigenvalue weighted by Gasteiger charge is 2.26. The van der Waals surface area contributed by atoms with Crippen LogP contribution in [0.5, 0.6) is 5.75 Å². The molecule has 6 nitrogen and oxygen atoms in total.